The summed E-state index contributed by atoms with van der Waals surface area (Å²) in [7, 11) is 0. The van der Waals surface area contributed by atoms with Crippen LogP contribution in [0.5, 0.6) is 0 Å². The molecule has 0 radical (unpaired) electrons. The molecule has 0 saturated heterocycles. The van der Waals surface area contributed by atoms with Crippen LogP contribution in [0, 0.1) is 3.70 Å². The van der Waals surface area contributed by atoms with E-state index in [-0.39, 0.29) is 19.6 Å². The Morgan fingerprint density at radius 2 is 1.81 bits per heavy atom. The number of para-hydroxylation sites is 1. The highest BCUT2D eigenvalue weighted by Gasteiger charge is 2.31. The summed E-state index contributed by atoms with van der Waals surface area (Å²) in [6.07, 6.45) is -5.44. The van der Waals surface area contributed by atoms with Gasteiger partial charge in [-0.05, 0) is 28.7 Å². The van der Waals surface area contributed by atoms with Crippen molar-refractivity contribution in [1.82, 2.24) is 4.79 Å². The van der Waals surface area contributed by atoms with Gasteiger partial charge in [0, 0.05) is 10.9 Å². The molecule has 0 saturated carbocycles. The number of rotatable bonds is 1. The molecule has 1 heterocycles. The van der Waals surface area contributed by atoms with Crippen LogP contribution >= 0.6 is 22.6 Å². The van der Waals surface area contributed by atoms with E-state index < -0.39 is 12.6 Å². The van der Waals surface area contributed by atoms with Gasteiger partial charge in [-0.15, -0.1) is 0 Å². The molecule has 86 valence electrons. The van der Waals surface area contributed by atoms with E-state index in [2.05, 4.69) is 0 Å². The van der Waals surface area contributed by atoms with E-state index in [0.717, 1.165) is 0 Å². The number of halogens is 5. The molecule has 2 rings (SSSR count). The van der Waals surface area contributed by atoms with Crippen molar-refractivity contribution in [2.45, 2.75) is 12.6 Å². The van der Waals surface area contributed by atoms with Crippen molar-refractivity contribution in [3.05, 3.63) is 33.5 Å². The largest absolute Gasteiger partial charge is 0.393 e. The van der Waals surface area contributed by atoms with Gasteiger partial charge in [-0.1, -0.05) is 22.7 Å². The highest BCUT2D eigenvalue weighted by molar-refractivity contribution is 14.1. The van der Waals surface area contributed by atoms with Crippen molar-refractivity contribution in [3.8, 4) is 0 Å². The second-order valence-electron chi connectivity index (χ2n) is 3.36. The van der Waals surface area contributed by atoms with Crippen LogP contribution in [0.1, 0.15) is 5.56 Å². The lowest BCUT2D eigenvalue weighted by Gasteiger charge is -2.05. The van der Waals surface area contributed by atoms with Gasteiger partial charge in [-0.25, -0.2) is 0 Å². The zero-order valence-electron chi connectivity index (χ0n) is 7.85. The standard InChI is InChI=1S/C10H6F4IN/c11-10(12,13)5-7-6-3-1-2-4-8(6)16(14)9(7)15/h1-4H,5H2. The van der Waals surface area contributed by atoms with Gasteiger partial charge in [0.1, 0.15) is 3.70 Å². The molecule has 1 aromatic heterocycles. The summed E-state index contributed by atoms with van der Waals surface area (Å²) in [6.45, 7) is 0. The Morgan fingerprint density at radius 1 is 1.19 bits per heavy atom. The number of alkyl halides is 3. The van der Waals surface area contributed by atoms with E-state index in [4.69, 9.17) is 0 Å². The van der Waals surface area contributed by atoms with Crippen molar-refractivity contribution in [3.63, 3.8) is 0 Å². The average Bonchev–Trinajstić information content (AvgIpc) is 2.43. The Labute approximate surface area is 102 Å². The highest BCUT2D eigenvalue weighted by Crippen LogP contribution is 2.32. The first-order valence-electron chi connectivity index (χ1n) is 4.41. The van der Waals surface area contributed by atoms with E-state index in [1.54, 1.807) is 34.7 Å². The molecule has 0 N–H and O–H groups in total. The molecule has 0 aliphatic carbocycles. The molecule has 0 atom stereocenters. The summed E-state index contributed by atoms with van der Waals surface area (Å²) in [4.78, 5) is 0.289. The third-order valence-corrected chi connectivity index (χ3v) is 3.31. The Bertz CT molecular complexity index is 529. The smallest absolute Gasteiger partial charge is 0.173 e. The second-order valence-corrected chi connectivity index (χ2v) is 4.38. The first-order valence-corrected chi connectivity index (χ1v) is 5.49. The first-order chi connectivity index (χ1) is 7.40. The third-order valence-electron chi connectivity index (χ3n) is 2.24. The molecular formula is C10H6F4IN. The van der Waals surface area contributed by atoms with Crippen molar-refractivity contribution in [1.29, 1.82) is 0 Å². The van der Waals surface area contributed by atoms with Crippen molar-refractivity contribution >= 4 is 33.5 Å². The number of hydrogen-bond acceptors (Lipinski definition) is 0. The number of nitrogens with zero attached hydrogens (tertiary/aromatic N) is 1. The fourth-order valence-corrected chi connectivity index (χ4v) is 2.35. The molecule has 6 heteroatoms. The van der Waals surface area contributed by atoms with Gasteiger partial charge in [-0.3, -0.25) is 0 Å². The van der Waals surface area contributed by atoms with Gasteiger partial charge in [0.05, 0.1) is 11.9 Å². The maximum atomic E-state index is 13.5. The summed E-state index contributed by atoms with van der Waals surface area (Å²) in [5.41, 5.74) is 0.164. The lowest BCUT2D eigenvalue weighted by Crippen LogP contribution is -2.12. The molecule has 0 unspecified atom stereocenters. The number of hydrogen-bond donors (Lipinski definition) is 0. The van der Waals surface area contributed by atoms with Gasteiger partial charge in [0.25, 0.3) is 0 Å². The predicted molar refractivity (Wildman–Crippen MR) is 60.9 cm³/mol. The lowest BCUT2D eigenvalue weighted by molar-refractivity contribution is -0.127. The molecule has 0 fully saturated rings. The number of fused-ring (bicyclic) bond motifs is 1. The maximum absolute atomic E-state index is 13.5. The van der Waals surface area contributed by atoms with Crippen LogP contribution in [-0.2, 0) is 6.42 Å². The predicted octanol–water partition coefficient (Wildman–Crippen LogP) is 4.08. The molecule has 0 bridgehead atoms. The van der Waals surface area contributed by atoms with Gasteiger partial charge >= 0.3 is 6.18 Å². The molecule has 0 spiro atoms. The summed E-state index contributed by atoms with van der Waals surface area (Å²) in [5, 5.41) is 0.312. The van der Waals surface area contributed by atoms with Gasteiger partial charge < -0.3 is 0 Å². The minimum Gasteiger partial charge on any atom is -0.173 e. The van der Waals surface area contributed by atoms with E-state index in [9.17, 15) is 17.7 Å². The van der Waals surface area contributed by atoms with Crippen LogP contribution in [0.4, 0.5) is 17.7 Å². The SMILES string of the molecule is Fn1c(I)c(CC(F)(F)F)c2ccccc21. The minimum absolute atomic E-state index is 0.00815. The Kier molecular flexibility index (Phi) is 2.85. The van der Waals surface area contributed by atoms with Gasteiger partial charge in [0.15, 0.2) is 0 Å². The molecule has 2 aromatic rings. The quantitative estimate of drug-likeness (QED) is 0.543. The summed E-state index contributed by atoms with van der Waals surface area (Å²) < 4.78 is 50.5. The number of aromatic nitrogens is 1. The van der Waals surface area contributed by atoms with E-state index in [0.29, 0.717) is 5.39 Å². The summed E-state index contributed by atoms with van der Waals surface area (Å²) >= 11 is 1.59. The topological polar surface area (TPSA) is 4.93 Å². The molecule has 1 nitrogen and oxygen atoms in total. The molecule has 0 aliphatic heterocycles. The molecule has 1 aromatic carbocycles. The summed E-state index contributed by atoms with van der Waals surface area (Å²) in [5.74, 6) is 0. The van der Waals surface area contributed by atoms with Crippen molar-refractivity contribution in [2.24, 2.45) is 0 Å². The Morgan fingerprint density at radius 3 is 2.44 bits per heavy atom. The van der Waals surface area contributed by atoms with Crippen LogP contribution in [0.2, 0.25) is 0 Å². The zero-order valence-corrected chi connectivity index (χ0v) is 10.0. The second kappa shape index (κ2) is 3.90. The molecule has 0 amide bonds. The van der Waals surface area contributed by atoms with E-state index >= 15 is 0 Å². The number of benzene rings is 1. The fraction of sp³-hybridized carbons (Fsp3) is 0.200. The van der Waals surface area contributed by atoms with Crippen LogP contribution < -0.4 is 0 Å². The zero-order chi connectivity index (χ0) is 11.9. The van der Waals surface area contributed by atoms with Crippen LogP contribution in [0.25, 0.3) is 10.9 Å². The molecule has 16 heavy (non-hydrogen) atoms. The van der Waals surface area contributed by atoms with Crippen molar-refractivity contribution < 1.29 is 17.7 Å². The average molecular weight is 343 g/mol. The fourth-order valence-electron chi connectivity index (χ4n) is 1.60. The maximum Gasteiger partial charge on any atom is 0.393 e. The van der Waals surface area contributed by atoms with E-state index in [1.165, 1.54) is 12.1 Å². The molecule has 0 aliphatic rings. The van der Waals surface area contributed by atoms with Crippen LogP contribution in [0.15, 0.2) is 24.3 Å². The monoisotopic (exact) mass is 343 g/mol. The minimum atomic E-state index is -4.33. The van der Waals surface area contributed by atoms with Crippen molar-refractivity contribution in [2.75, 3.05) is 0 Å². The third kappa shape index (κ3) is 2.02. The van der Waals surface area contributed by atoms with Gasteiger partial charge in [-0.2, -0.15) is 18.0 Å². The van der Waals surface area contributed by atoms with Crippen LogP contribution in [-0.4, -0.2) is 11.0 Å². The van der Waals surface area contributed by atoms with E-state index in [1.807, 2.05) is 0 Å². The highest BCUT2D eigenvalue weighted by atomic mass is 127. The normalized spacial score (nSPS) is 12.3. The first kappa shape index (κ1) is 11.7. The molecular weight excluding hydrogens is 337 g/mol. The lowest BCUT2D eigenvalue weighted by atomic mass is 10.1. The summed E-state index contributed by atoms with van der Waals surface area (Å²) in [6, 6.07) is 6.14. The van der Waals surface area contributed by atoms with Crippen LogP contribution in [0.3, 0.4) is 0 Å². The Hall–Kier alpha value is -0.790. The Balaban J connectivity index is 2.64. The van der Waals surface area contributed by atoms with Gasteiger partial charge in [0.2, 0.25) is 0 Å².